The van der Waals surface area contributed by atoms with Crippen LogP contribution in [0.25, 0.3) is 10.1 Å². The average Bonchev–Trinajstić information content (AvgIpc) is 2.82. The fraction of sp³-hybridized carbons (Fsp3) is 0.0667. The van der Waals surface area contributed by atoms with Gasteiger partial charge in [-0.1, -0.05) is 28.1 Å². The molecule has 0 bridgehead atoms. The lowest BCUT2D eigenvalue weighted by atomic mass is 10.0. The summed E-state index contributed by atoms with van der Waals surface area (Å²) < 4.78 is 30.4. The molecule has 0 aliphatic rings. The highest BCUT2D eigenvalue weighted by molar-refractivity contribution is 9.11. The molecule has 0 radical (unpaired) electrons. The molecule has 0 nitrogen and oxygen atoms in total. The van der Waals surface area contributed by atoms with Crippen molar-refractivity contribution in [1.29, 1.82) is 0 Å². The van der Waals surface area contributed by atoms with Crippen molar-refractivity contribution in [1.82, 2.24) is 0 Å². The molecule has 1 atom stereocenters. The molecular formula is C15H7Br2ClF2S. The van der Waals surface area contributed by atoms with Crippen LogP contribution in [0.3, 0.4) is 0 Å². The summed E-state index contributed by atoms with van der Waals surface area (Å²) >= 11 is 14.4. The van der Waals surface area contributed by atoms with Gasteiger partial charge in [-0.2, -0.15) is 0 Å². The second kappa shape index (κ2) is 5.95. The first-order chi connectivity index (χ1) is 9.99. The van der Waals surface area contributed by atoms with Gasteiger partial charge in [0.1, 0.15) is 11.6 Å². The van der Waals surface area contributed by atoms with Gasteiger partial charge in [0.25, 0.3) is 0 Å². The van der Waals surface area contributed by atoms with Gasteiger partial charge in [-0.15, -0.1) is 22.9 Å². The highest BCUT2D eigenvalue weighted by Gasteiger charge is 2.23. The third-order valence-electron chi connectivity index (χ3n) is 3.15. The van der Waals surface area contributed by atoms with Crippen molar-refractivity contribution in [3.8, 4) is 0 Å². The second-order valence-corrected chi connectivity index (χ2v) is 7.54. The molecule has 3 rings (SSSR count). The van der Waals surface area contributed by atoms with Gasteiger partial charge >= 0.3 is 0 Å². The van der Waals surface area contributed by atoms with E-state index < -0.39 is 17.0 Å². The molecule has 3 aromatic rings. The van der Waals surface area contributed by atoms with Crippen LogP contribution >= 0.6 is 54.8 Å². The van der Waals surface area contributed by atoms with Gasteiger partial charge in [0.05, 0.1) is 5.38 Å². The van der Waals surface area contributed by atoms with Crippen LogP contribution in [0.15, 0.2) is 44.7 Å². The standard InChI is InChI=1S/C15H7Br2ClF2S/c16-7-4-11(19)13(12(20)5-7)14(18)9-6-21-15-8(9)2-1-3-10(15)17/h1-6,14H. The Labute approximate surface area is 146 Å². The Bertz CT molecular complexity index is 809. The minimum absolute atomic E-state index is 0.125. The molecule has 0 fully saturated rings. The maximum absolute atomic E-state index is 14.1. The Hall–Kier alpha value is -0.490. The van der Waals surface area contributed by atoms with Crippen LogP contribution in [-0.4, -0.2) is 0 Å². The van der Waals surface area contributed by atoms with Crippen molar-refractivity contribution in [2.75, 3.05) is 0 Å². The highest BCUT2D eigenvalue weighted by Crippen LogP contribution is 2.41. The van der Waals surface area contributed by atoms with E-state index >= 15 is 0 Å². The van der Waals surface area contributed by atoms with Crippen molar-refractivity contribution >= 4 is 64.9 Å². The molecule has 2 aromatic carbocycles. The zero-order chi connectivity index (χ0) is 15.1. The van der Waals surface area contributed by atoms with Crippen molar-refractivity contribution < 1.29 is 8.78 Å². The average molecular weight is 453 g/mol. The second-order valence-electron chi connectivity index (χ2n) is 4.45. The van der Waals surface area contributed by atoms with Gasteiger partial charge in [-0.3, -0.25) is 0 Å². The number of hydrogen-bond donors (Lipinski definition) is 0. The van der Waals surface area contributed by atoms with E-state index in [1.165, 1.54) is 23.5 Å². The highest BCUT2D eigenvalue weighted by atomic mass is 79.9. The van der Waals surface area contributed by atoms with Crippen molar-refractivity contribution in [2.24, 2.45) is 0 Å². The molecule has 0 saturated carbocycles. The van der Waals surface area contributed by atoms with Gasteiger partial charge in [0, 0.05) is 19.2 Å². The fourth-order valence-electron chi connectivity index (χ4n) is 2.19. The van der Waals surface area contributed by atoms with Gasteiger partial charge in [-0.05, 0) is 50.5 Å². The maximum atomic E-state index is 14.1. The van der Waals surface area contributed by atoms with E-state index in [0.717, 1.165) is 14.6 Å². The first kappa shape index (κ1) is 15.4. The molecule has 1 aromatic heterocycles. The molecule has 6 heteroatoms. The van der Waals surface area contributed by atoms with E-state index in [4.69, 9.17) is 11.6 Å². The minimum Gasteiger partial charge on any atom is -0.206 e. The Morgan fingerprint density at radius 3 is 2.43 bits per heavy atom. The van der Waals surface area contributed by atoms with Crippen LogP contribution in [0.5, 0.6) is 0 Å². The monoisotopic (exact) mass is 450 g/mol. The Morgan fingerprint density at radius 2 is 1.76 bits per heavy atom. The Kier molecular flexibility index (Phi) is 4.37. The molecule has 0 amide bonds. The van der Waals surface area contributed by atoms with E-state index in [9.17, 15) is 8.78 Å². The predicted molar refractivity (Wildman–Crippen MR) is 91.3 cm³/mol. The van der Waals surface area contributed by atoms with Gasteiger partial charge < -0.3 is 0 Å². The molecule has 0 saturated heterocycles. The lowest BCUT2D eigenvalue weighted by molar-refractivity contribution is 0.558. The zero-order valence-electron chi connectivity index (χ0n) is 10.3. The van der Waals surface area contributed by atoms with E-state index in [0.29, 0.717) is 10.0 Å². The third kappa shape index (κ3) is 2.77. The smallest absolute Gasteiger partial charge is 0.132 e. The van der Waals surface area contributed by atoms with Crippen molar-refractivity contribution in [3.63, 3.8) is 0 Å². The molecule has 21 heavy (non-hydrogen) atoms. The van der Waals surface area contributed by atoms with E-state index in [-0.39, 0.29) is 5.56 Å². The summed E-state index contributed by atoms with van der Waals surface area (Å²) in [5.74, 6) is -1.31. The quantitative estimate of drug-likeness (QED) is 0.366. The van der Waals surface area contributed by atoms with E-state index in [1.807, 2.05) is 23.6 Å². The van der Waals surface area contributed by atoms with Gasteiger partial charge in [0.2, 0.25) is 0 Å². The van der Waals surface area contributed by atoms with E-state index in [2.05, 4.69) is 31.9 Å². The van der Waals surface area contributed by atoms with Gasteiger partial charge in [0.15, 0.2) is 0 Å². The molecular weight excluding hydrogens is 445 g/mol. The Balaban J connectivity index is 2.18. The first-order valence-electron chi connectivity index (χ1n) is 5.93. The number of benzene rings is 2. The number of fused-ring (bicyclic) bond motifs is 1. The summed E-state index contributed by atoms with van der Waals surface area (Å²) in [7, 11) is 0. The number of rotatable bonds is 2. The summed E-state index contributed by atoms with van der Waals surface area (Å²) in [5.41, 5.74) is 0.581. The predicted octanol–water partition coefficient (Wildman–Crippen LogP) is 7.03. The molecule has 0 N–H and O–H groups in total. The molecule has 108 valence electrons. The van der Waals surface area contributed by atoms with Crippen molar-refractivity contribution in [3.05, 3.63) is 67.4 Å². The normalized spacial score (nSPS) is 12.8. The summed E-state index contributed by atoms with van der Waals surface area (Å²) in [6.07, 6.45) is 0. The van der Waals surface area contributed by atoms with Crippen LogP contribution in [0, 0.1) is 11.6 Å². The number of hydrogen-bond acceptors (Lipinski definition) is 1. The Morgan fingerprint density at radius 1 is 1.10 bits per heavy atom. The lowest BCUT2D eigenvalue weighted by Gasteiger charge is -2.12. The van der Waals surface area contributed by atoms with Crippen molar-refractivity contribution in [2.45, 2.75) is 5.38 Å². The molecule has 1 heterocycles. The molecule has 0 aliphatic heterocycles. The minimum atomic E-state index is -0.874. The summed E-state index contributed by atoms with van der Waals surface area (Å²) in [6.45, 7) is 0. The van der Waals surface area contributed by atoms with Crippen LogP contribution in [-0.2, 0) is 0 Å². The summed E-state index contributed by atoms with van der Waals surface area (Å²) in [6, 6.07) is 8.14. The van der Waals surface area contributed by atoms with Gasteiger partial charge in [-0.25, -0.2) is 8.78 Å². The number of thiophene rings is 1. The van der Waals surface area contributed by atoms with Crippen LogP contribution < -0.4 is 0 Å². The SMILES string of the molecule is Fc1cc(Br)cc(F)c1C(Cl)c1csc2c(Br)cccc12. The van der Waals surface area contributed by atoms with Crippen LogP contribution in [0.1, 0.15) is 16.5 Å². The number of halogens is 5. The largest absolute Gasteiger partial charge is 0.206 e. The molecule has 0 aliphatic carbocycles. The maximum Gasteiger partial charge on any atom is 0.132 e. The van der Waals surface area contributed by atoms with Crippen LogP contribution in [0.2, 0.25) is 0 Å². The molecule has 0 spiro atoms. The first-order valence-corrected chi connectivity index (χ1v) is 8.83. The third-order valence-corrected chi connectivity index (χ3v) is 6.03. The summed E-state index contributed by atoms with van der Waals surface area (Å²) in [5, 5.41) is 1.87. The molecule has 1 unspecified atom stereocenters. The number of alkyl halides is 1. The topological polar surface area (TPSA) is 0 Å². The summed E-state index contributed by atoms with van der Waals surface area (Å²) in [4.78, 5) is 0. The fourth-order valence-corrected chi connectivity index (χ4v) is 4.70. The van der Waals surface area contributed by atoms with Crippen LogP contribution in [0.4, 0.5) is 8.78 Å². The lowest BCUT2D eigenvalue weighted by Crippen LogP contribution is -2.00. The zero-order valence-corrected chi connectivity index (χ0v) is 15.1. The van der Waals surface area contributed by atoms with E-state index in [1.54, 1.807) is 0 Å².